The van der Waals surface area contributed by atoms with Crippen molar-refractivity contribution in [1.82, 2.24) is 14.3 Å². The van der Waals surface area contributed by atoms with Crippen LogP contribution in [0.5, 0.6) is 5.75 Å². The van der Waals surface area contributed by atoms with Crippen LogP contribution in [0.4, 0.5) is 9.52 Å². The number of anilines is 1. The Morgan fingerprint density at radius 1 is 1.19 bits per heavy atom. The number of para-hydroxylation sites is 1. The molecule has 8 nitrogen and oxygen atoms in total. The molecule has 0 bridgehead atoms. The molecule has 5 rings (SSSR count). The summed E-state index contributed by atoms with van der Waals surface area (Å²) in [6.45, 7) is 0.375. The van der Waals surface area contributed by atoms with Gasteiger partial charge in [0.15, 0.2) is 5.13 Å². The maximum Gasteiger partial charge on any atom is 0.247 e. The fourth-order valence-electron chi connectivity index (χ4n) is 4.30. The van der Waals surface area contributed by atoms with E-state index in [1.165, 1.54) is 32.7 Å². The quantitative estimate of drug-likeness (QED) is 0.358. The van der Waals surface area contributed by atoms with Gasteiger partial charge in [0.25, 0.3) is 0 Å². The van der Waals surface area contributed by atoms with Gasteiger partial charge in [-0.15, -0.1) is 0 Å². The molecule has 1 unspecified atom stereocenters. The molecule has 0 aliphatic carbocycles. The van der Waals surface area contributed by atoms with Gasteiger partial charge in [-0.1, -0.05) is 23.5 Å². The number of fused-ring (bicyclic) bond motifs is 1. The molecule has 36 heavy (non-hydrogen) atoms. The molecule has 1 fully saturated rings. The minimum absolute atomic E-state index is 0.0490. The third kappa shape index (κ3) is 4.57. The fourth-order valence-corrected chi connectivity index (χ4v) is 6.94. The second-order valence-electron chi connectivity index (χ2n) is 8.32. The maximum absolute atomic E-state index is 14.0. The van der Waals surface area contributed by atoms with Crippen molar-refractivity contribution in [3.63, 3.8) is 0 Å². The highest BCUT2D eigenvalue weighted by Gasteiger charge is 2.42. The second kappa shape index (κ2) is 9.92. The first-order valence-electron chi connectivity index (χ1n) is 11.3. The molecule has 11 heteroatoms. The van der Waals surface area contributed by atoms with Gasteiger partial charge in [-0.3, -0.25) is 14.7 Å². The van der Waals surface area contributed by atoms with Gasteiger partial charge in [-0.25, -0.2) is 17.8 Å². The monoisotopic (exact) mass is 526 g/mol. The number of rotatable bonds is 7. The van der Waals surface area contributed by atoms with E-state index in [-0.39, 0.29) is 23.9 Å². The summed E-state index contributed by atoms with van der Waals surface area (Å²) in [5.74, 6) is -0.317. The van der Waals surface area contributed by atoms with Crippen molar-refractivity contribution >= 4 is 42.6 Å². The van der Waals surface area contributed by atoms with Crippen molar-refractivity contribution < 1.29 is 22.3 Å². The van der Waals surface area contributed by atoms with E-state index in [9.17, 15) is 17.6 Å². The van der Waals surface area contributed by atoms with Crippen molar-refractivity contribution in [3.05, 3.63) is 78.4 Å². The van der Waals surface area contributed by atoms with Gasteiger partial charge < -0.3 is 4.74 Å². The summed E-state index contributed by atoms with van der Waals surface area (Å²) in [6.07, 6.45) is 4.21. The summed E-state index contributed by atoms with van der Waals surface area (Å²) in [5.41, 5.74) is 1.41. The molecule has 0 N–H and O–H groups in total. The minimum atomic E-state index is -4.00. The van der Waals surface area contributed by atoms with Crippen LogP contribution in [-0.2, 0) is 21.4 Å². The second-order valence-corrected chi connectivity index (χ2v) is 11.2. The average Bonchev–Trinajstić information content (AvgIpc) is 3.55. The van der Waals surface area contributed by atoms with Crippen molar-refractivity contribution in [3.8, 4) is 5.75 Å². The van der Waals surface area contributed by atoms with Gasteiger partial charge in [0, 0.05) is 18.9 Å². The fraction of sp³-hybridized carbons (Fsp3) is 0.240. The molecule has 3 heterocycles. The maximum atomic E-state index is 14.0. The van der Waals surface area contributed by atoms with Gasteiger partial charge in [-0.05, 0) is 60.9 Å². The van der Waals surface area contributed by atoms with Gasteiger partial charge in [0.2, 0.25) is 15.9 Å². The van der Waals surface area contributed by atoms with E-state index in [0.29, 0.717) is 29.2 Å². The Balaban J connectivity index is 1.53. The van der Waals surface area contributed by atoms with Crippen LogP contribution in [0.1, 0.15) is 18.4 Å². The van der Waals surface area contributed by atoms with E-state index in [4.69, 9.17) is 9.72 Å². The first-order valence-corrected chi connectivity index (χ1v) is 13.6. The average molecular weight is 527 g/mol. The summed E-state index contributed by atoms with van der Waals surface area (Å²) >= 11 is 1.33. The molecule has 1 amide bonds. The number of pyridine rings is 1. The third-order valence-corrected chi connectivity index (χ3v) is 9.03. The SMILES string of the molecule is COc1cccc2sc(N(Cc3cccnc3)C(=O)C3CCCN3S(=O)(=O)c3ccc(F)cc3)nc12. The summed E-state index contributed by atoms with van der Waals surface area (Å²) in [5, 5.41) is 0.439. The van der Waals surface area contributed by atoms with Crippen LogP contribution in [0.2, 0.25) is 0 Å². The molecule has 1 saturated heterocycles. The number of nitrogens with zero attached hydrogens (tertiary/aromatic N) is 4. The molecular formula is C25H23FN4O4S2. The van der Waals surface area contributed by atoms with Gasteiger partial charge in [-0.2, -0.15) is 4.31 Å². The number of hydrogen-bond donors (Lipinski definition) is 0. The highest BCUT2D eigenvalue weighted by atomic mass is 32.2. The number of amides is 1. The number of ether oxygens (including phenoxy) is 1. The number of carbonyl (C=O) groups excluding carboxylic acids is 1. The van der Waals surface area contributed by atoms with Crippen LogP contribution >= 0.6 is 11.3 Å². The zero-order valence-corrected chi connectivity index (χ0v) is 21.0. The van der Waals surface area contributed by atoms with Gasteiger partial charge in [0.05, 0.1) is 23.2 Å². The molecule has 1 atom stereocenters. The Labute approximate surface area is 212 Å². The van der Waals surface area contributed by atoms with E-state index in [1.54, 1.807) is 31.6 Å². The highest BCUT2D eigenvalue weighted by Crippen LogP contribution is 2.36. The van der Waals surface area contributed by atoms with Gasteiger partial charge >= 0.3 is 0 Å². The lowest BCUT2D eigenvalue weighted by Crippen LogP contribution is -2.47. The molecule has 0 spiro atoms. The standard InChI is InChI=1S/C25H23FN4O4S2/c1-34-21-7-2-8-22-23(21)28-25(35-22)29(16-17-5-3-13-27-15-17)24(31)20-6-4-14-30(20)36(32,33)19-11-9-18(26)10-12-19/h2-3,5,7-13,15,20H,4,6,14,16H2,1H3. The zero-order chi connectivity index (χ0) is 25.3. The third-order valence-electron chi connectivity index (χ3n) is 6.06. The Kier molecular flexibility index (Phi) is 6.69. The number of hydrogen-bond acceptors (Lipinski definition) is 7. The zero-order valence-electron chi connectivity index (χ0n) is 19.4. The van der Waals surface area contributed by atoms with Crippen LogP contribution in [0, 0.1) is 5.82 Å². The van der Waals surface area contributed by atoms with E-state index in [0.717, 1.165) is 22.4 Å². The number of sulfonamides is 1. The Morgan fingerprint density at radius 3 is 2.72 bits per heavy atom. The summed E-state index contributed by atoms with van der Waals surface area (Å²) in [4.78, 5) is 24.3. The molecule has 2 aromatic carbocycles. The first-order chi connectivity index (χ1) is 17.4. The summed E-state index contributed by atoms with van der Waals surface area (Å²) in [7, 11) is -2.45. The molecule has 1 aliphatic heterocycles. The smallest absolute Gasteiger partial charge is 0.247 e. The predicted octanol–water partition coefficient (Wildman–Crippen LogP) is 4.23. The van der Waals surface area contributed by atoms with E-state index >= 15 is 0 Å². The van der Waals surface area contributed by atoms with Crippen molar-refractivity contribution in [2.75, 3.05) is 18.6 Å². The number of aromatic nitrogens is 2. The first kappa shape index (κ1) is 24.3. The van der Waals surface area contributed by atoms with Crippen LogP contribution in [0.15, 0.2) is 71.9 Å². The van der Waals surface area contributed by atoms with Crippen LogP contribution in [0.3, 0.4) is 0 Å². The number of carbonyl (C=O) groups is 1. The van der Waals surface area contributed by atoms with Crippen LogP contribution in [-0.4, -0.2) is 48.3 Å². The predicted molar refractivity (Wildman–Crippen MR) is 135 cm³/mol. The lowest BCUT2D eigenvalue weighted by Gasteiger charge is -2.28. The number of thiazole rings is 1. The topological polar surface area (TPSA) is 92.7 Å². The van der Waals surface area contributed by atoms with E-state index in [1.807, 2.05) is 18.2 Å². The number of halogens is 1. The minimum Gasteiger partial charge on any atom is -0.494 e. The normalized spacial score (nSPS) is 16.3. The lowest BCUT2D eigenvalue weighted by molar-refractivity contribution is -0.121. The van der Waals surface area contributed by atoms with E-state index in [2.05, 4.69) is 4.98 Å². The highest BCUT2D eigenvalue weighted by molar-refractivity contribution is 7.89. The van der Waals surface area contributed by atoms with Gasteiger partial charge in [0.1, 0.15) is 23.1 Å². The molecule has 186 valence electrons. The Morgan fingerprint density at radius 2 is 2.00 bits per heavy atom. The Hall–Kier alpha value is -3.41. The summed E-state index contributed by atoms with van der Waals surface area (Å²) < 4.78 is 47.7. The number of methoxy groups -OCH3 is 1. The largest absolute Gasteiger partial charge is 0.494 e. The molecule has 0 radical (unpaired) electrons. The summed E-state index contributed by atoms with van der Waals surface area (Å²) in [6, 6.07) is 12.9. The van der Waals surface area contributed by atoms with Crippen molar-refractivity contribution in [2.45, 2.75) is 30.3 Å². The van der Waals surface area contributed by atoms with E-state index < -0.39 is 21.9 Å². The lowest BCUT2D eigenvalue weighted by atomic mass is 10.2. The van der Waals surface area contributed by atoms with Crippen LogP contribution in [0.25, 0.3) is 10.2 Å². The molecule has 0 saturated carbocycles. The molecule has 1 aliphatic rings. The van der Waals surface area contributed by atoms with Crippen LogP contribution < -0.4 is 9.64 Å². The Bertz CT molecular complexity index is 1490. The number of benzene rings is 2. The molecular weight excluding hydrogens is 503 g/mol. The molecule has 2 aromatic heterocycles. The van der Waals surface area contributed by atoms with Crippen molar-refractivity contribution in [1.29, 1.82) is 0 Å². The van der Waals surface area contributed by atoms with Crippen molar-refractivity contribution in [2.24, 2.45) is 0 Å². The molecule has 4 aromatic rings.